The fourth-order valence-electron chi connectivity index (χ4n) is 3.71. The number of anilines is 1. The van der Waals surface area contributed by atoms with Gasteiger partial charge in [0.2, 0.25) is 15.2 Å². The predicted octanol–water partition coefficient (Wildman–Crippen LogP) is 5.47. The van der Waals surface area contributed by atoms with E-state index in [-0.39, 0.29) is 47.2 Å². The molecule has 0 bridgehead atoms. The molecule has 4 rings (SSSR count). The second kappa shape index (κ2) is 13.4. The molecule has 3 aromatic carbocycles. The summed E-state index contributed by atoms with van der Waals surface area (Å²) in [6.45, 7) is -0.139. The molecule has 42 heavy (non-hydrogen) atoms. The number of hydrogen-bond donors (Lipinski definition) is 0. The number of benzene rings is 3. The van der Waals surface area contributed by atoms with Gasteiger partial charge in [-0.3, -0.25) is 14.9 Å². The van der Waals surface area contributed by atoms with Gasteiger partial charge in [-0.25, -0.2) is 13.4 Å². The van der Waals surface area contributed by atoms with Crippen molar-refractivity contribution in [1.82, 2.24) is 9.29 Å². The molecule has 15 heteroatoms. The Morgan fingerprint density at radius 3 is 2.29 bits per heavy atom. The average molecular weight is 667 g/mol. The Morgan fingerprint density at radius 2 is 1.69 bits per heavy atom. The minimum absolute atomic E-state index is 0.0400. The molecule has 1 aromatic heterocycles. The quantitative estimate of drug-likeness (QED) is 0.115. The van der Waals surface area contributed by atoms with Crippen molar-refractivity contribution < 1.29 is 18.1 Å². The van der Waals surface area contributed by atoms with Crippen molar-refractivity contribution in [2.75, 3.05) is 18.1 Å². The van der Waals surface area contributed by atoms with Crippen molar-refractivity contribution in [2.24, 2.45) is 5.10 Å². The van der Waals surface area contributed by atoms with Gasteiger partial charge in [0.25, 0.3) is 11.6 Å². The smallest absolute Gasteiger partial charge is 0.267 e. The molecule has 1 heterocycles. The summed E-state index contributed by atoms with van der Waals surface area (Å²) in [5.41, 5.74) is 1.16. The minimum Gasteiger partial charge on any atom is -0.267 e. The summed E-state index contributed by atoms with van der Waals surface area (Å²) in [7, 11) is -4.02. The van der Waals surface area contributed by atoms with Crippen molar-refractivity contribution in [3.05, 3.63) is 92.4 Å². The second-order valence-corrected chi connectivity index (χ2v) is 12.4. The van der Waals surface area contributed by atoms with Crippen LogP contribution in [-0.2, 0) is 10.0 Å². The normalized spacial score (nSPS) is 11.4. The van der Waals surface area contributed by atoms with E-state index in [9.17, 15) is 23.3 Å². The van der Waals surface area contributed by atoms with E-state index >= 15 is 0 Å². The number of halogens is 1. The number of non-ortho nitro benzene ring substituents is 1. The lowest BCUT2D eigenvalue weighted by molar-refractivity contribution is -0.384. The molecule has 0 aliphatic carbocycles. The molecular formula is C27H20BrN7O5S2. The minimum atomic E-state index is -4.02. The Balaban J connectivity index is 1.68. The van der Waals surface area contributed by atoms with Crippen LogP contribution in [0.4, 0.5) is 10.8 Å². The molecule has 0 atom stereocenters. The van der Waals surface area contributed by atoms with Crippen molar-refractivity contribution in [1.29, 1.82) is 10.5 Å². The molecule has 0 spiro atoms. The van der Waals surface area contributed by atoms with Gasteiger partial charge < -0.3 is 0 Å². The number of amides is 1. The second-order valence-electron chi connectivity index (χ2n) is 8.56. The molecule has 0 N–H and O–H groups in total. The van der Waals surface area contributed by atoms with Crippen molar-refractivity contribution >= 4 is 70.4 Å². The van der Waals surface area contributed by atoms with Crippen LogP contribution in [0, 0.1) is 32.8 Å². The Labute approximate surface area is 253 Å². The van der Waals surface area contributed by atoms with E-state index in [1.165, 1.54) is 66.1 Å². The van der Waals surface area contributed by atoms with Crippen LogP contribution in [0.3, 0.4) is 0 Å². The number of hydrogen-bond acceptors (Lipinski definition) is 10. The maximum Gasteiger partial charge on any atom is 0.280 e. The van der Waals surface area contributed by atoms with Crippen LogP contribution in [0.5, 0.6) is 0 Å². The van der Waals surface area contributed by atoms with Gasteiger partial charge in [-0.15, -0.1) is 0 Å². The van der Waals surface area contributed by atoms with Crippen LogP contribution in [-0.4, -0.2) is 47.8 Å². The molecule has 0 saturated carbocycles. The van der Waals surface area contributed by atoms with Crippen molar-refractivity contribution in [3.8, 4) is 12.1 Å². The first-order valence-electron chi connectivity index (χ1n) is 12.2. The highest BCUT2D eigenvalue weighted by molar-refractivity contribution is 9.10. The zero-order valence-electron chi connectivity index (χ0n) is 21.6. The standard InChI is InChI=1S/C27H20BrN7O5S2/c28-21-7-12-24-25(17-21)41-27(32-24)34(31-18-19-3-8-22(9-4-19)35(37)38)26(36)20-5-10-23(11-6-20)42(39,40)33(15-1-13-29)16-2-14-30/h3-12,17-18H,1-2,15-16H2/b31-18+. The van der Waals surface area contributed by atoms with Gasteiger partial charge in [0, 0.05) is 48.1 Å². The zero-order valence-corrected chi connectivity index (χ0v) is 24.8. The molecule has 0 fully saturated rings. The first-order valence-corrected chi connectivity index (χ1v) is 15.2. The number of sulfonamides is 1. The largest absolute Gasteiger partial charge is 0.280 e. The molecule has 0 radical (unpaired) electrons. The predicted molar refractivity (Wildman–Crippen MR) is 160 cm³/mol. The highest BCUT2D eigenvalue weighted by Crippen LogP contribution is 2.32. The third-order valence-corrected chi connectivity index (χ3v) is 9.22. The molecule has 0 aliphatic rings. The molecule has 0 aliphatic heterocycles. The summed E-state index contributed by atoms with van der Waals surface area (Å²) in [5, 5.41) is 34.5. The van der Waals surface area contributed by atoms with E-state index in [1.807, 2.05) is 24.3 Å². The Hall–Kier alpha value is -4.54. The maximum atomic E-state index is 13.7. The highest BCUT2D eigenvalue weighted by Gasteiger charge is 2.26. The SMILES string of the molecule is N#CCCN(CCC#N)S(=O)(=O)c1ccc(C(=O)N(/N=C/c2ccc([N+](=O)[O-])cc2)c2nc3ccc(Br)cc3s2)cc1. The van der Waals surface area contributed by atoms with Gasteiger partial charge in [0.05, 0.1) is 38.4 Å². The lowest BCUT2D eigenvalue weighted by atomic mass is 10.2. The monoisotopic (exact) mass is 665 g/mol. The van der Waals surface area contributed by atoms with E-state index in [1.54, 1.807) is 6.07 Å². The topological polar surface area (TPSA) is 174 Å². The molecule has 1 amide bonds. The number of nitro benzene ring substituents is 1. The summed E-state index contributed by atoms with van der Waals surface area (Å²) >= 11 is 4.63. The van der Waals surface area contributed by atoms with Crippen molar-refractivity contribution in [3.63, 3.8) is 0 Å². The first kappa shape index (κ1) is 30.4. The fourth-order valence-corrected chi connectivity index (χ4v) is 6.63. The summed E-state index contributed by atoms with van der Waals surface area (Å²) in [6.07, 6.45) is 1.29. The Morgan fingerprint density at radius 1 is 1.05 bits per heavy atom. The number of thiazole rings is 1. The molecule has 4 aromatic rings. The fraction of sp³-hybridized carbons (Fsp3) is 0.148. The van der Waals surface area contributed by atoms with Gasteiger partial charge in [-0.1, -0.05) is 27.3 Å². The van der Waals surface area contributed by atoms with Crippen LogP contribution < -0.4 is 5.01 Å². The van der Waals surface area contributed by atoms with E-state index in [4.69, 9.17) is 10.5 Å². The summed E-state index contributed by atoms with van der Waals surface area (Å²) < 4.78 is 29.0. The van der Waals surface area contributed by atoms with E-state index in [0.717, 1.165) is 18.5 Å². The van der Waals surface area contributed by atoms with Gasteiger partial charge in [0.15, 0.2) is 0 Å². The Kier molecular flexibility index (Phi) is 9.72. The van der Waals surface area contributed by atoms with Gasteiger partial charge in [-0.2, -0.15) is 24.9 Å². The first-order chi connectivity index (χ1) is 20.1. The summed E-state index contributed by atoms with van der Waals surface area (Å²) in [5.74, 6) is -0.596. The molecule has 0 saturated heterocycles. The average Bonchev–Trinajstić information content (AvgIpc) is 3.40. The zero-order chi connectivity index (χ0) is 30.3. The number of hydrazone groups is 1. The van der Waals surface area contributed by atoms with E-state index in [0.29, 0.717) is 11.1 Å². The summed E-state index contributed by atoms with van der Waals surface area (Å²) in [6, 6.07) is 20.1. The van der Waals surface area contributed by atoms with Gasteiger partial charge in [-0.05, 0) is 60.2 Å². The van der Waals surface area contributed by atoms with E-state index < -0.39 is 20.9 Å². The van der Waals surface area contributed by atoms with Crippen LogP contribution >= 0.6 is 27.3 Å². The number of fused-ring (bicyclic) bond motifs is 1. The maximum absolute atomic E-state index is 13.7. The third kappa shape index (κ3) is 7.02. The summed E-state index contributed by atoms with van der Waals surface area (Å²) in [4.78, 5) is 28.6. The molecule has 12 nitrogen and oxygen atoms in total. The van der Waals surface area contributed by atoms with Crippen LogP contribution in [0.1, 0.15) is 28.8 Å². The van der Waals surface area contributed by atoms with Crippen molar-refractivity contribution in [2.45, 2.75) is 17.7 Å². The molecule has 0 unspecified atom stereocenters. The number of aromatic nitrogens is 1. The highest BCUT2D eigenvalue weighted by atomic mass is 79.9. The molecular weight excluding hydrogens is 646 g/mol. The number of rotatable bonds is 11. The number of carbonyl (C=O) groups is 1. The van der Waals surface area contributed by atoms with Crippen LogP contribution in [0.25, 0.3) is 10.2 Å². The van der Waals surface area contributed by atoms with Gasteiger partial charge >= 0.3 is 0 Å². The number of nitrogens with zero attached hydrogens (tertiary/aromatic N) is 7. The Bertz CT molecular complexity index is 1830. The van der Waals surface area contributed by atoms with Crippen LogP contribution in [0.15, 0.2) is 81.2 Å². The lowest BCUT2D eigenvalue weighted by Crippen LogP contribution is -2.33. The van der Waals surface area contributed by atoms with Gasteiger partial charge in [0.1, 0.15) is 0 Å². The van der Waals surface area contributed by atoms with Crippen LogP contribution in [0.2, 0.25) is 0 Å². The molecule has 212 valence electrons. The third-order valence-electron chi connectivity index (χ3n) is 5.82. The number of nitro groups is 1. The lowest BCUT2D eigenvalue weighted by Gasteiger charge is -2.20. The number of carbonyl (C=O) groups excluding carboxylic acids is 1. The van der Waals surface area contributed by atoms with E-state index in [2.05, 4.69) is 26.0 Å². The number of nitriles is 2.